The number of hydrogen-bond donors (Lipinski definition) is 2. The first-order chi connectivity index (χ1) is 6.43. The average molecular weight is 211 g/mol. The van der Waals surface area contributed by atoms with Crippen LogP contribution >= 0.6 is 0 Å². The summed E-state index contributed by atoms with van der Waals surface area (Å²) in [6.07, 6.45) is -2.81. The lowest BCUT2D eigenvalue weighted by atomic mass is 9.76. The average Bonchev–Trinajstić information content (AvgIpc) is 2.16. The van der Waals surface area contributed by atoms with E-state index in [4.69, 9.17) is 5.11 Å². The number of likely N-dealkylation sites (N-methyl/N-ethyl adjacent to an activating group) is 1. The van der Waals surface area contributed by atoms with E-state index in [0.717, 1.165) is 0 Å². The van der Waals surface area contributed by atoms with Crippen LogP contribution in [0.5, 0.6) is 0 Å². The fraction of sp³-hybridized carbons (Fsp3) is 1.00. The number of alkyl halides is 3. The summed E-state index contributed by atoms with van der Waals surface area (Å²) in [5.41, 5.74) is -0.724. The fourth-order valence-corrected chi connectivity index (χ4v) is 2.09. The van der Waals surface area contributed by atoms with E-state index in [1.807, 2.05) is 0 Å². The molecule has 1 rings (SSSR count). The summed E-state index contributed by atoms with van der Waals surface area (Å²) in [6, 6.07) is 0. The highest BCUT2D eigenvalue weighted by atomic mass is 19.4. The van der Waals surface area contributed by atoms with E-state index < -0.39 is 17.6 Å². The van der Waals surface area contributed by atoms with Gasteiger partial charge in [0.1, 0.15) is 0 Å². The van der Waals surface area contributed by atoms with Crippen LogP contribution in [0.4, 0.5) is 13.2 Å². The number of aliphatic hydroxyl groups excluding tert-OH is 1. The highest BCUT2D eigenvalue weighted by Crippen LogP contribution is 2.41. The van der Waals surface area contributed by atoms with Crippen molar-refractivity contribution in [2.45, 2.75) is 37.4 Å². The van der Waals surface area contributed by atoms with Gasteiger partial charge < -0.3 is 10.4 Å². The van der Waals surface area contributed by atoms with Gasteiger partial charge in [-0.1, -0.05) is 6.42 Å². The van der Waals surface area contributed by atoms with E-state index in [1.54, 1.807) is 7.05 Å². The fourth-order valence-electron chi connectivity index (χ4n) is 2.09. The van der Waals surface area contributed by atoms with Gasteiger partial charge >= 0.3 is 6.18 Å². The first-order valence-corrected chi connectivity index (χ1v) is 4.80. The normalized spacial score (nSPS) is 34.5. The maximum Gasteiger partial charge on any atom is 0.391 e. The van der Waals surface area contributed by atoms with Crippen LogP contribution in [0.1, 0.15) is 25.7 Å². The zero-order valence-corrected chi connectivity index (χ0v) is 8.19. The van der Waals surface area contributed by atoms with Crippen LogP contribution in [-0.4, -0.2) is 30.5 Å². The second-order valence-corrected chi connectivity index (χ2v) is 4.02. The Kier molecular flexibility index (Phi) is 3.42. The third kappa shape index (κ3) is 2.39. The van der Waals surface area contributed by atoms with Crippen LogP contribution in [0.3, 0.4) is 0 Å². The number of halogens is 3. The van der Waals surface area contributed by atoms with Crippen molar-refractivity contribution in [3.63, 3.8) is 0 Å². The van der Waals surface area contributed by atoms with Crippen LogP contribution in [-0.2, 0) is 0 Å². The quantitative estimate of drug-likeness (QED) is 0.728. The summed E-state index contributed by atoms with van der Waals surface area (Å²) >= 11 is 0. The maximum atomic E-state index is 12.4. The molecule has 1 aliphatic rings. The summed E-state index contributed by atoms with van der Waals surface area (Å²) in [7, 11) is 1.61. The monoisotopic (exact) mass is 211 g/mol. The van der Waals surface area contributed by atoms with E-state index in [2.05, 4.69) is 5.32 Å². The van der Waals surface area contributed by atoms with Crippen LogP contribution in [0.2, 0.25) is 0 Å². The molecule has 84 valence electrons. The van der Waals surface area contributed by atoms with Gasteiger partial charge in [0.25, 0.3) is 0 Å². The largest absolute Gasteiger partial charge is 0.394 e. The van der Waals surface area contributed by atoms with Gasteiger partial charge in [-0.2, -0.15) is 13.2 Å². The summed E-state index contributed by atoms with van der Waals surface area (Å²) in [4.78, 5) is 0. The van der Waals surface area contributed by atoms with E-state index in [1.165, 1.54) is 0 Å². The molecule has 1 fully saturated rings. The summed E-state index contributed by atoms with van der Waals surface area (Å²) in [5.74, 6) is -1.27. The standard InChI is InChI=1S/C9H16F3NO/c1-13-8(6-14)4-2-3-7(5-8)9(10,11)12/h7,13-14H,2-6H2,1H3. The Morgan fingerprint density at radius 3 is 2.57 bits per heavy atom. The SMILES string of the molecule is CNC1(CO)CCCC(C(F)(F)F)C1. The van der Waals surface area contributed by atoms with Gasteiger partial charge in [-0.15, -0.1) is 0 Å². The number of aliphatic hydroxyl groups is 1. The van der Waals surface area contributed by atoms with Crippen LogP contribution in [0.25, 0.3) is 0 Å². The number of rotatable bonds is 2. The minimum atomic E-state index is -4.13. The highest BCUT2D eigenvalue weighted by molar-refractivity contribution is 4.94. The van der Waals surface area contributed by atoms with Crippen molar-refractivity contribution in [2.75, 3.05) is 13.7 Å². The van der Waals surface area contributed by atoms with Gasteiger partial charge in [-0.25, -0.2) is 0 Å². The zero-order chi connectivity index (χ0) is 10.8. The van der Waals surface area contributed by atoms with E-state index in [-0.39, 0.29) is 19.4 Å². The minimum Gasteiger partial charge on any atom is -0.394 e. The molecule has 0 aromatic heterocycles. The molecular weight excluding hydrogens is 195 g/mol. The molecule has 0 heterocycles. The summed E-state index contributed by atoms with van der Waals surface area (Å²) in [5, 5.41) is 11.9. The molecule has 14 heavy (non-hydrogen) atoms. The summed E-state index contributed by atoms with van der Waals surface area (Å²) < 4.78 is 37.3. The molecule has 1 aliphatic carbocycles. The van der Waals surface area contributed by atoms with Crippen molar-refractivity contribution in [3.05, 3.63) is 0 Å². The van der Waals surface area contributed by atoms with E-state index in [9.17, 15) is 13.2 Å². The van der Waals surface area contributed by atoms with Crippen LogP contribution in [0.15, 0.2) is 0 Å². The Morgan fingerprint density at radius 1 is 1.50 bits per heavy atom. The maximum absolute atomic E-state index is 12.4. The molecule has 2 unspecified atom stereocenters. The van der Waals surface area contributed by atoms with Crippen molar-refractivity contribution >= 4 is 0 Å². The van der Waals surface area contributed by atoms with Crippen molar-refractivity contribution in [2.24, 2.45) is 5.92 Å². The predicted octanol–water partition coefficient (Wildman–Crippen LogP) is 1.69. The summed E-state index contributed by atoms with van der Waals surface area (Å²) in [6.45, 7) is -0.226. The first-order valence-electron chi connectivity index (χ1n) is 4.80. The first kappa shape index (κ1) is 11.8. The van der Waals surface area contributed by atoms with Gasteiger partial charge in [-0.05, 0) is 26.3 Å². The molecule has 2 atom stereocenters. The van der Waals surface area contributed by atoms with Crippen LogP contribution < -0.4 is 5.32 Å². The molecule has 0 aromatic rings. The third-order valence-corrected chi connectivity index (χ3v) is 3.14. The minimum absolute atomic E-state index is 0.0104. The topological polar surface area (TPSA) is 32.3 Å². The van der Waals surface area contributed by atoms with Gasteiger partial charge in [-0.3, -0.25) is 0 Å². The second kappa shape index (κ2) is 4.06. The molecule has 2 nitrogen and oxygen atoms in total. The van der Waals surface area contributed by atoms with Gasteiger partial charge in [0, 0.05) is 5.54 Å². The molecule has 0 bridgehead atoms. The smallest absolute Gasteiger partial charge is 0.391 e. The highest BCUT2D eigenvalue weighted by Gasteiger charge is 2.46. The van der Waals surface area contributed by atoms with Crippen LogP contribution in [0, 0.1) is 5.92 Å². The molecule has 0 aliphatic heterocycles. The third-order valence-electron chi connectivity index (χ3n) is 3.14. The van der Waals surface area contributed by atoms with Crippen molar-refractivity contribution in [1.82, 2.24) is 5.32 Å². The lowest BCUT2D eigenvalue weighted by molar-refractivity contribution is -0.189. The Balaban J connectivity index is 2.68. The number of hydrogen-bond acceptors (Lipinski definition) is 2. The molecule has 2 N–H and O–H groups in total. The molecule has 0 saturated heterocycles. The van der Waals surface area contributed by atoms with E-state index >= 15 is 0 Å². The molecule has 5 heteroatoms. The Hall–Kier alpha value is -0.290. The predicted molar refractivity (Wildman–Crippen MR) is 46.9 cm³/mol. The molecule has 0 amide bonds. The van der Waals surface area contributed by atoms with E-state index in [0.29, 0.717) is 12.8 Å². The van der Waals surface area contributed by atoms with Gasteiger partial charge in [0.2, 0.25) is 0 Å². The Morgan fingerprint density at radius 2 is 2.14 bits per heavy atom. The van der Waals surface area contributed by atoms with Gasteiger partial charge in [0.15, 0.2) is 0 Å². The molecule has 1 saturated carbocycles. The molecule has 0 spiro atoms. The second-order valence-electron chi connectivity index (χ2n) is 4.02. The Bertz CT molecular complexity index is 189. The lowest BCUT2D eigenvalue weighted by Crippen LogP contribution is -2.51. The molecule has 0 aromatic carbocycles. The molecule has 0 radical (unpaired) electrons. The Labute approximate surface area is 81.5 Å². The van der Waals surface area contributed by atoms with Crippen molar-refractivity contribution in [1.29, 1.82) is 0 Å². The number of nitrogens with one attached hydrogen (secondary N) is 1. The zero-order valence-electron chi connectivity index (χ0n) is 8.19. The van der Waals surface area contributed by atoms with Crippen molar-refractivity contribution in [3.8, 4) is 0 Å². The lowest BCUT2D eigenvalue weighted by Gasteiger charge is -2.40. The molecular formula is C9H16F3NO. The van der Waals surface area contributed by atoms with Gasteiger partial charge in [0.05, 0.1) is 12.5 Å². The van der Waals surface area contributed by atoms with Crippen molar-refractivity contribution < 1.29 is 18.3 Å².